The van der Waals surface area contributed by atoms with Crippen molar-refractivity contribution in [3.8, 4) is 5.75 Å². The van der Waals surface area contributed by atoms with Crippen LogP contribution in [0.1, 0.15) is 32.3 Å². The summed E-state index contributed by atoms with van der Waals surface area (Å²) in [6.07, 6.45) is -3.22. The molecule has 26 heavy (non-hydrogen) atoms. The maximum absolute atomic E-state index is 13.9. The van der Waals surface area contributed by atoms with Gasteiger partial charge in [0, 0.05) is 31.1 Å². The Bertz CT molecular complexity index is 768. The zero-order valence-electron chi connectivity index (χ0n) is 14.8. The molecule has 0 N–H and O–H groups in total. The van der Waals surface area contributed by atoms with E-state index in [2.05, 4.69) is 23.7 Å². The van der Waals surface area contributed by atoms with Gasteiger partial charge in [-0.25, -0.2) is 4.98 Å². The van der Waals surface area contributed by atoms with Crippen LogP contribution in [0.15, 0.2) is 24.3 Å². The molecule has 0 atom stereocenters. The van der Waals surface area contributed by atoms with Gasteiger partial charge in [-0.05, 0) is 30.9 Å². The molecule has 3 nitrogen and oxygen atoms in total. The van der Waals surface area contributed by atoms with Crippen molar-refractivity contribution < 1.29 is 22.3 Å². The van der Waals surface area contributed by atoms with Gasteiger partial charge < -0.3 is 9.64 Å². The van der Waals surface area contributed by atoms with Gasteiger partial charge in [-0.3, -0.25) is 0 Å². The highest BCUT2D eigenvalue weighted by Gasteiger charge is 2.34. The Morgan fingerprint density at radius 3 is 2.54 bits per heavy atom. The highest BCUT2D eigenvalue weighted by Crippen LogP contribution is 2.37. The van der Waals surface area contributed by atoms with E-state index in [0.717, 1.165) is 44.6 Å². The molecule has 0 unspecified atom stereocenters. The van der Waals surface area contributed by atoms with E-state index in [-0.39, 0.29) is 17.2 Å². The Hall–Kier alpha value is -1.89. The van der Waals surface area contributed by atoms with Crippen LogP contribution < -0.4 is 4.74 Å². The van der Waals surface area contributed by atoms with Gasteiger partial charge in [0.1, 0.15) is 11.9 Å². The number of alkyl halides is 3. The van der Waals surface area contributed by atoms with Gasteiger partial charge in [0.15, 0.2) is 0 Å². The normalized spacial score (nSPS) is 17.2. The molecule has 0 spiro atoms. The number of hydrogen-bond donors (Lipinski definition) is 0. The van der Waals surface area contributed by atoms with Gasteiger partial charge in [-0.15, -0.1) is 0 Å². The standard InChI is InChI=1S/C19H22F4N2O/c1-12(2)11-25-8-6-13(7-9-25)26-16-10-17(20)24-18-14(16)4-3-5-15(18)19(21,22)23/h3-5,10,12-13H,6-9,11H2,1-2H3. The molecule has 1 fully saturated rings. The summed E-state index contributed by atoms with van der Waals surface area (Å²) in [7, 11) is 0. The van der Waals surface area contributed by atoms with Crippen LogP contribution in [-0.2, 0) is 6.18 Å². The first-order chi connectivity index (χ1) is 12.2. The summed E-state index contributed by atoms with van der Waals surface area (Å²) < 4.78 is 59.3. The predicted octanol–water partition coefficient (Wildman–Crippen LogP) is 4.89. The number of nitrogens with zero attached hydrogens (tertiary/aromatic N) is 2. The predicted molar refractivity (Wildman–Crippen MR) is 91.6 cm³/mol. The number of halogens is 4. The Morgan fingerprint density at radius 1 is 1.23 bits per heavy atom. The van der Waals surface area contributed by atoms with Crippen molar-refractivity contribution >= 4 is 10.9 Å². The second-order valence-corrected chi connectivity index (χ2v) is 7.15. The number of para-hydroxylation sites is 1. The smallest absolute Gasteiger partial charge is 0.418 e. The summed E-state index contributed by atoms with van der Waals surface area (Å²) in [5.74, 6) is -0.270. The molecule has 1 saturated heterocycles. The van der Waals surface area contributed by atoms with Crippen LogP contribution >= 0.6 is 0 Å². The highest BCUT2D eigenvalue weighted by molar-refractivity contribution is 5.87. The lowest BCUT2D eigenvalue weighted by Gasteiger charge is -2.33. The van der Waals surface area contributed by atoms with Crippen molar-refractivity contribution in [3.05, 3.63) is 35.8 Å². The van der Waals surface area contributed by atoms with E-state index in [4.69, 9.17) is 4.74 Å². The van der Waals surface area contributed by atoms with Crippen LogP contribution in [0.25, 0.3) is 10.9 Å². The van der Waals surface area contributed by atoms with Gasteiger partial charge in [-0.1, -0.05) is 19.9 Å². The van der Waals surface area contributed by atoms with Crippen molar-refractivity contribution in [3.63, 3.8) is 0 Å². The average Bonchev–Trinajstić information content (AvgIpc) is 2.54. The maximum atomic E-state index is 13.9. The van der Waals surface area contributed by atoms with Crippen molar-refractivity contribution in [2.24, 2.45) is 5.92 Å². The summed E-state index contributed by atoms with van der Waals surface area (Å²) in [4.78, 5) is 5.81. The van der Waals surface area contributed by atoms with E-state index in [1.54, 1.807) is 0 Å². The molecular weight excluding hydrogens is 348 g/mol. The molecule has 1 aromatic heterocycles. The molecule has 7 heteroatoms. The number of benzene rings is 1. The van der Waals surface area contributed by atoms with Crippen LogP contribution in [0.2, 0.25) is 0 Å². The van der Waals surface area contributed by atoms with Gasteiger partial charge >= 0.3 is 6.18 Å². The first-order valence-electron chi connectivity index (χ1n) is 8.79. The van der Waals surface area contributed by atoms with Crippen LogP contribution in [0, 0.1) is 11.9 Å². The molecule has 0 bridgehead atoms. The van der Waals surface area contributed by atoms with Crippen molar-refractivity contribution in [2.45, 2.75) is 39.0 Å². The highest BCUT2D eigenvalue weighted by atomic mass is 19.4. The first-order valence-corrected chi connectivity index (χ1v) is 8.79. The van der Waals surface area contributed by atoms with Crippen molar-refractivity contribution in [1.29, 1.82) is 0 Å². The molecule has 0 radical (unpaired) electrons. The molecule has 142 valence electrons. The molecule has 2 heterocycles. The zero-order chi connectivity index (χ0) is 18.9. The Balaban J connectivity index is 1.83. The Kier molecular flexibility index (Phi) is 5.37. The number of likely N-dealkylation sites (tertiary alicyclic amines) is 1. The number of ether oxygens (including phenoxy) is 1. The Morgan fingerprint density at radius 2 is 1.92 bits per heavy atom. The monoisotopic (exact) mass is 370 g/mol. The van der Waals surface area contributed by atoms with Gasteiger partial charge in [0.2, 0.25) is 5.95 Å². The lowest BCUT2D eigenvalue weighted by molar-refractivity contribution is -0.136. The van der Waals surface area contributed by atoms with E-state index in [1.165, 1.54) is 12.1 Å². The SMILES string of the molecule is CC(C)CN1CCC(Oc2cc(F)nc3c(C(F)(F)F)cccc23)CC1. The molecule has 3 rings (SSSR count). The van der Waals surface area contributed by atoms with E-state index in [1.807, 2.05) is 0 Å². The minimum absolute atomic E-state index is 0.126. The van der Waals surface area contributed by atoms with Crippen LogP contribution in [0.4, 0.5) is 17.6 Å². The molecule has 1 aliphatic heterocycles. The van der Waals surface area contributed by atoms with Gasteiger partial charge in [-0.2, -0.15) is 17.6 Å². The number of piperidine rings is 1. The third-order valence-electron chi connectivity index (χ3n) is 4.53. The summed E-state index contributed by atoms with van der Waals surface area (Å²) >= 11 is 0. The summed E-state index contributed by atoms with van der Waals surface area (Å²) in [6, 6.07) is 4.76. The molecule has 0 aliphatic carbocycles. The lowest BCUT2D eigenvalue weighted by atomic mass is 10.1. The Labute approximate surface area is 150 Å². The van der Waals surface area contributed by atoms with E-state index < -0.39 is 23.2 Å². The molecule has 0 saturated carbocycles. The molecule has 1 aliphatic rings. The first kappa shape index (κ1) is 18.9. The molecule has 0 amide bonds. The lowest BCUT2D eigenvalue weighted by Crippen LogP contribution is -2.40. The number of pyridine rings is 1. The fourth-order valence-electron chi connectivity index (χ4n) is 3.42. The summed E-state index contributed by atoms with van der Waals surface area (Å²) in [5.41, 5.74) is -1.36. The third-order valence-corrected chi connectivity index (χ3v) is 4.53. The van der Waals surface area contributed by atoms with Gasteiger partial charge in [0.25, 0.3) is 0 Å². The van der Waals surface area contributed by atoms with Crippen molar-refractivity contribution in [2.75, 3.05) is 19.6 Å². The van der Waals surface area contributed by atoms with Crippen molar-refractivity contribution in [1.82, 2.24) is 9.88 Å². The number of hydrogen-bond acceptors (Lipinski definition) is 3. The summed E-state index contributed by atoms with van der Waals surface area (Å²) in [6.45, 7) is 7.05. The minimum atomic E-state index is -4.60. The van der Waals surface area contributed by atoms with Crippen LogP contribution in [0.5, 0.6) is 5.75 Å². The van der Waals surface area contributed by atoms with E-state index >= 15 is 0 Å². The largest absolute Gasteiger partial charge is 0.489 e. The van der Waals surface area contributed by atoms with Crippen LogP contribution in [-0.4, -0.2) is 35.6 Å². The molecule has 1 aromatic carbocycles. The van der Waals surface area contributed by atoms with E-state index in [9.17, 15) is 17.6 Å². The van der Waals surface area contributed by atoms with Crippen LogP contribution in [0.3, 0.4) is 0 Å². The number of fused-ring (bicyclic) bond motifs is 1. The fourth-order valence-corrected chi connectivity index (χ4v) is 3.42. The zero-order valence-corrected chi connectivity index (χ0v) is 14.8. The average molecular weight is 370 g/mol. The molecule has 2 aromatic rings. The number of aromatic nitrogens is 1. The maximum Gasteiger partial charge on any atom is 0.418 e. The fraction of sp³-hybridized carbons (Fsp3) is 0.526. The molecular formula is C19H22F4N2O. The summed E-state index contributed by atoms with van der Waals surface area (Å²) in [5, 5.41) is 0.186. The van der Waals surface area contributed by atoms with Gasteiger partial charge in [0.05, 0.1) is 11.1 Å². The second kappa shape index (κ2) is 7.39. The quantitative estimate of drug-likeness (QED) is 0.566. The minimum Gasteiger partial charge on any atom is -0.489 e. The topological polar surface area (TPSA) is 25.4 Å². The third kappa shape index (κ3) is 4.26. The second-order valence-electron chi connectivity index (χ2n) is 7.15. The number of rotatable bonds is 4. The van der Waals surface area contributed by atoms with E-state index in [0.29, 0.717) is 5.92 Å².